The van der Waals surface area contributed by atoms with Gasteiger partial charge in [-0.2, -0.15) is 0 Å². The van der Waals surface area contributed by atoms with Crippen molar-refractivity contribution in [3.63, 3.8) is 0 Å². The van der Waals surface area contributed by atoms with Crippen LogP contribution < -0.4 is 0 Å². The summed E-state index contributed by atoms with van der Waals surface area (Å²) in [5, 5.41) is 0.190. The van der Waals surface area contributed by atoms with E-state index in [0.29, 0.717) is 0 Å². The van der Waals surface area contributed by atoms with Crippen LogP contribution in [0.25, 0.3) is 0 Å². The molecule has 0 aromatic carbocycles. The highest BCUT2D eigenvalue weighted by atomic mass is 35.5. The number of alkyl halides is 1. The number of hydrogen-bond donors (Lipinski definition) is 0. The summed E-state index contributed by atoms with van der Waals surface area (Å²) in [7, 11) is 0. The minimum atomic E-state index is 0.190. The fourth-order valence-corrected chi connectivity index (χ4v) is 1.82. The van der Waals surface area contributed by atoms with Crippen LogP contribution in [0.3, 0.4) is 0 Å². The van der Waals surface area contributed by atoms with Gasteiger partial charge in [0.2, 0.25) is 0 Å². The molecule has 0 bridgehead atoms. The van der Waals surface area contributed by atoms with E-state index in [1.807, 2.05) is 12.2 Å². The maximum Gasteiger partial charge on any atom is 0.118 e. The second kappa shape index (κ2) is 2.90. The molecule has 1 aliphatic heterocycles. The lowest BCUT2D eigenvalue weighted by Crippen LogP contribution is -2.12. The Balaban J connectivity index is 2.20. The molecule has 0 N–H and O–H groups in total. The summed E-state index contributed by atoms with van der Waals surface area (Å²) in [6.07, 6.45) is 7.31. The van der Waals surface area contributed by atoms with Crippen LogP contribution in [-0.4, -0.2) is 12.0 Å². The van der Waals surface area contributed by atoms with Gasteiger partial charge in [0, 0.05) is 0 Å². The van der Waals surface area contributed by atoms with Crippen LogP contribution in [0.2, 0.25) is 0 Å². The summed E-state index contributed by atoms with van der Waals surface area (Å²) >= 11 is 5.96. The van der Waals surface area contributed by atoms with Gasteiger partial charge in [0.25, 0.3) is 0 Å². The molecule has 0 fully saturated rings. The first kappa shape index (κ1) is 7.23. The molecule has 2 aliphatic rings. The molecule has 1 atom stereocenters. The van der Waals surface area contributed by atoms with Gasteiger partial charge >= 0.3 is 0 Å². The summed E-state index contributed by atoms with van der Waals surface area (Å²) in [5.74, 6) is 1.08. The highest BCUT2D eigenvalue weighted by Crippen LogP contribution is 2.29. The molecule has 11 heavy (non-hydrogen) atoms. The number of rotatable bonds is 0. The minimum absolute atomic E-state index is 0.190. The summed E-state index contributed by atoms with van der Waals surface area (Å²) in [4.78, 5) is 0. The van der Waals surface area contributed by atoms with Gasteiger partial charge in [-0.1, -0.05) is 6.08 Å². The molecular formula is C9H11ClO. The summed E-state index contributed by atoms with van der Waals surface area (Å²) in [6.45, 7) is 0.871. The average Bonchev–Trinajstić information content (AvgIpc) is 2.04. The normalized spacial score (nSPS) is 29.7. The predicted octanol–water partition coefficient (Wildman–Crippen LogP) is 2.62. The maximum atomic E-state index is 5.96. The highest BCUT2D eigenvalue weighted by molar-refractivity contribution is 6.22. The number of allylic oxidation sites excluding steroid dienone is 3. The Morgan fingerprint density at radius 3 is 3.36 bits per heavy atom. The number of ether oxygens (including phenoxy) is 1. The van der Waals surface area contributed by atoms with Crippen LogP contribution in [0.1, 0.15) is 19.3 Å². The van der Waals surface area contributed by atoms with E-state index in [4.69, 9.17) is 16.3 Å². The van der Waals surface area contributed by atoms with Gasteiger partial charge < -0.3 is 4.74 Å². The molecule has 0 aromatic rings. The SMILES string of the molecule is ClC1C=CC2=C(CCCO2)C1. The van der Waals surface area contributed by atoms with E-state index in [0.717, 1.165) is 25.2 Å². The van der Waals surface area contributed by atoms with E-state index >= 15 is 0 Å². The topological polar surface area (TPSA) is 9.23 Å². The smallest absolute Gasteiger partial charge is 0.118 e. The fraction of sp³-hybridized carbons (Fsp3) is 0.556. The van der Waals surface area contributed by atoms with Crippen LogP contribution in [0.15, 0.2) is 23.5 Å². The molecule has 1 nitrogen and oxygen atoms in total. The Labute approximate surface area is 71.7 Å². The lowest BCUT2D eigenvalue weighted by Gasteiger charge is -2.23. The molecule has 2 heteroatoms. The Kier molecular flexibility index (Phi) is 1.91. The molecule has 60 valence electrons. The lowest BCUT2D eigenvalue weighted by atomic mass is 9.97. The zero-order valence-electron chi connectivity index (χ0n) is 6.35. The van der Waals surface area contributed by atoms with Crippen molar-refractivity contribution in [2.75, 3.05) is 6.61 Å². The Morgan fingerprint density at radius 2 is 2.45 bits per heavy atom. The van der Waals surface area contributed by atoms with E-state index < -0.39 is 0 Å². The first-order chi connectivity index (χ1) is 5.36. The van der Waals surface area contributed by atoms with Gasteiger partial charge in [-0.15, -0.1) is 11.6 Å². The van der Waals surface area contributed by atoms with Crippen molar-refractivity contribution in [3.05, 3.63) is 23.5 Å². The number of halogens is 1. The van der Waals surface area contributed by atoms with Crippen LogP contribution >= 0.6 is 11.6 Å². The second-order valence-corrected chi connectivity index (χ2v) is 3.56. The van der Waals surface area contributed by atoms with Crippen molar-refractivity contribution < 1.29 is 4.74 Å². The maximum absolute atomic E-state index is 5.96. The monoisotopic (exact) mass is 170 g/mol. The predicted molar refractivity (Wildman–Crippen MR) is 45.6 cm³/mol. The minimum Gasteiger partial charge on any atom is -0.494 e. The van der Waals surface area contributed by atoms with Gasteiger partial charge in [0.05, 0.1) is 12.0 Å². The van der Waals surface area contributed by atoms with Crippen LogP contribution in [0.5, 0.6) is 0 Å². The summed E-state index contributed by atoms with van der Waals surface area (Å²) in [5.41, 5.74) is 1.40. The largest absolute Gasteiger partial charge is 0.494 e. The molecule has 1 unspecified atom stereocenters. The third-order valence-corrected chi connectivity index (χ3v) is 2.43. The first-order valence-corrected chi connectivity index (χ1v) is 4.47. The Hall–Kier alpha value is -0.430. The van der Waals surface area contributed by atoms with E-state index in [2.05, 4.69) is 0 Å². The molecule has 0 saturated carbocycles. The Morgan fingerprint density at radius 1 is 1.55 bits per heavy atom. The highest BCUT2D eigenvalue weighted by Gasteiger charge is 2.18. The molecule has 1 aliphatic carbocycles. The molecule has 2 rings (SSSR count). The quantitative estimate of drug-likeness (QED) is 0.508. The average molecular weight is 171 g/mol. The third-order valence-electron chi connectivity index (χ3n) is 2.13. The van der Waals surface area contributed by atoms with Crippen LogP contribution in [0.4, 0.5) is 0 Å². The Bertz CT molecular complexity index is 218. The van der Waals surface area contributed by atoms with Crippen molar-refractivity contribution in [1.82, 2.24) is 0 Å². The molecule has 0 amide bonds. The first-order valence-electron chi connectivity index (χ1n) is 4.03. The molecule has 0 saturated heterocycles. The zero-order valence-corrected chi connectivity index (χ0v) is 7.10. The molecule has 1 heterocycles. The second-order valence-electron chi connectivity index (χ2n) is 3.00. The van der Waals surface area contributed by atoms with E-state index in [-0.39, 0.29) is 5.38 Å². The molecule has 0 radical (unpaired) electrons. The van der Waals surface area contributed by atoms with Gasteiger partial charge in [-0.05, 0) is 30.9 Å². The van der Waals surface area contributed by atoms with Gasteiger partial charge in [-0.3, -0.25) is 0 Å². The molecule has 0 aromatic heterocycles. The van der Waals surface area contributed by atoms with Gasteiger partial charge in [-0.25, -0.2) is 0 Å². The van der Waals surface area contributed by atoms with E-state index in [1.165, 1.54) is 12.0 Å². The molecular weight excluding hydrogens is 160 g/mol. The lowest BCUT2D eigenvalue weighted by molar-refractivity contribution is 0.196. The van der Waals surface area contributed by atoms with Crippen molar-refractivity contribution in [2.45, 2.75) is 24.6 Å². The van der Waals surface area contributed by atoms with E-state index in [9.17, 15) is 0 Å². The standard InChI is InChI=1S/C9H11ClO/c10-8-3-4-9-7(6-8)2-1-5-11-9/h3-4,8H,1-2,5-6H2. The number of hydrogen-bond acceptors (Lipinski definition) is 1. The fourth-order valence-electron chi connectivity index (χ4n) is 1.56. The van der Waals surface area contributed by atoms with Crippen molar-refractivity contribution >= 4 is 11.6 Å². The summed E-state index contributed by atoms with van der Waals surface area (Å²) < 4.78 is 5.46. The van der Waals surface area contributed by atoms with Gasteiger partial charge in [0.15, 0.2) is 0 Å². The van der Waals surface area contributed by atoms with Crippen molar-refractivity contribution in [1.29, 1.82) is 0 Å². The van der Waals surface area contributed by atoms with Crippen LogP contribution in [0, 0.1) is 0 Å². The zero-order chi connectivity index (χ0) is 7.68. The summed E-state index contributed by atoms with van der Waals surface area (Å²) in [6, 6.07) is 0. The van der Waals surface area contributed by atoms with Crippen LogP contribution in [-0.2, 0) is 4.74 Å². The van der Waals surface area contributed by atoms with Crippen molar-refractivity contribution in [3.8, 4) is 0 Å². The third kappa shape index (κ3) is 1.43. The van der Waals surface area contributed by atoms with Crippen molar-refractivity contribution in [2.24, 2.45) is 0 Å². The van der Waals surface area contributed by atoms with E-state index in [1.54, 1.807) is 0 Å². The molecule has 0 spiro atoms. The van der Waals surface area contributed by atoms with Gasteiger partial charge in [0.1, 0.15) is 5.76 Å².